The van der Waals surface area contributed by atoms with Crippen LogP contribution in [0.4, 0.5) is 0 Å². The third-order valence-electron chi connectivity index (χ3n) is 7.32. The molecule has 0 bridgehead atoms. The van der Waals surface area contributed by atoms with Gasteiger partial charge in [0, 0.05) is 0 Å². The van der Waals surface area contributed by atoms with Crippen molar-refractivity contribution in [3.63, 3.8) is 0 Å². The van der Waals surface area contributed by atoms with Crippen LogP contribution in [0.25, 0.3) is 12.2 Å². The minimum atomic E-state index is -2.94. The minimum absolute atomic E-state index is 0.279. The summed E-state index contributed by atoms with van der Waals surface area (Å²) in [5.74, 6) is 0. The van der Waals surface area contributed by atoms with Crippen LogP contribution in [0.3, 0.4) is 0 Å². The summed E-state index contributed by atoms with van der Waals surface area (Å²) in [6.45, 7) is 4.81. The molecule has 128 valence electrons. The Morgan fingerprint density at radius 1 is 0.680 bits per heavy atom. The number of rotatable bonds is 4. The van der Waals surface area contributed by atoms with Crippen molar-refractivity contribution in [2.75, 3.05) is 0 Å². The van der Waals surface area contributed by atoms with Crippen molar-refractivity contribution in [1.82, 2.24) is 0 Å². The molecule has 0 radical (unpaired) electrons. The Labute approximate surface area is 157 Å². The summed E-state index contributed by atoms with van der Waals surface area (Å²) in [6, 6.07) is 18.2. The van der Waals surface area contributed by atoms with Crippen molar-refractivity contribution in [2.45, 2.75) is 42.4 Å². The number of benzene rings is 2. The van der Waals surface area contributed by atoms with E-state index in [9.17, 15) is 0 Å². The van der Waals surface area contributed by atoms with Crippen LogP contribution in [0.5, 0.6) is 0 Å². The molecule has 2 aliphatic carbocycles. The average Bonchev–Trinajstić information content (AvgIpc) is 3.22. The molecule has 0 saturated heterocycles. The van der Waals surface area contributed by atoms with Gasteiger partial charge in [0.25, 0.3) is 0 Å². The monoisotopic (exact) mass is 496 g/mol. The second-order valence-corrected chi connectivity index (χ2v) is 26.2. The summed E-state index contributed by atoms with van der Waals surface area (Å²) in [7, 11) is 0. The molecule has 0 fully saturated rings. The molecule has 0 nitrogen and oxygen atoms in total. The molecule has 2 aromatic rings. The van der Waals surface area contributed by atoms with Crippen LogP contribution in [0.1, 0.15) is 48.9 Å². The van der Waals surface area contributed by atoms with Crippen LogP contribution in [-0.4, -0.2) is 0 Å². The van der Waals surface area contributed by atoms with Gasteiger partial charge in [-0.25, -0.2) is 0 Å². The SMILES string of the molecule is CC[C]1([Hf]([CH3])([CH3])[C]2(CC)C=Cc3ccccc32)C=Cc2ccccc21. The Morgan fingerprint density at radius 2 is 1.08 bits per heavy atom. The fourth-order valence-electron chi connectivity index (χ4n) is 5.73. The van der Waals surface area contributed by atoms with Crippen LogP contribution >= 0.6 is 0 Å². The van der Waals surface area contributed by atoms with Gasteiger partial charge < -0.3 is 0 Å². The quantitative estimate of drug-likeness (QED) is 0.405. The van der Waals surface area contributed by atoms with Gasteiger partial charge in [-0.3, -0.25) is 0 Å². The first-order chi connectivity index (χ1) is 12.0. The van der Waals surface area contributed by atoms with Crippen molar-refractivity contribution in [3.8, 4) is 0 Å². The molecule has 0 saturated carbocycles. The van der Waals surface area contributed by atoms with E-state index in [1.165, 1.54) is 24.0 Å². The Morgan fingerprint density at radius 3 is 1.48 bits per heavy atom. The Hall–Kier alpha value is -1.21. The van der Waals surface area contributed by atoms with Gasteiger partial charge in [-0.15, -0.1) is 0 Å². The number of hydrogen-bond donors (Lipinski definition) is 0. The zero-order chi connectivity index (χ0) is 17.7. The van der Waals surface area contributed by atoms with Gasteiger partial charge in [0.2, 0.25) is 0 Å². The predicted octanol–water partition coefficient (Wildman–Crippen LogP) is 6.90. The van der Waals surface area contributed by atoms with Gasteiger partial charge >= 0.3 is 157 Å². The van der Waals surface area contributed by atoms with Crippen LogP contribution in [0.2, 0.25) is 9.36 Å². The van der Waals surface area contributed by atoms with Crippen molar-refractivity contribution >= 4 is 12.2 Å². The van der Waals surface area contributed by atoms with Gasteiger partial charge in [-0.1, -0.05) is 0 Å². The second kappa shape index (κ2) is 5.91. The first-order valence-corrected chi connectivity index (χ1v) is 20.4. The molecule has 2 atom stereocenters. The molecule has 2 aromatic carbocycles. The summed E-state index contributed by atoms with van der Waals surface area (Å²) in [5.41, 5.74) is 6.07. The molecule has 2 aliphatic rings. The molecule has 2 unspecified atom stereocenters. The fraction of sp³-hybridized carbons (Fsp3) is 0.333. The van der Waals surface area contributed by atoms with E-state index in [0.717, 1.165) is 0 Å². The Bertz CT molecular complexity index is 802. The van der Waals surface area contributed by atoms with E-state index < -0.39 is 20.0 Å². The number of allylic oxidation sites excluding steroid dienone is 2. The zero-order valence-corrected chi connectivity index (χ0v) is 19.4. The fourth-order valence-corrected chi connectivity index (χ4v) is 25.0. The Kier molecular flexibility index (Phi) is 4.07. The van der Waals surface area contributed by atoms with Crippen molar-refractivity contribution in [3.05, 3.63) is 82.9 Å². The molecule has 4 rings (SSSR count). The molecule has 0 aliphatic heterocycles. The summed E-state index contributed by atoms with van der Waals surface area (Å²) in [5, 5.41) is 0. The molecule has 0 heterocycles. The number of hydrogen-bond acceptors (Lipinski definition) is 0. The van der Waals surface area contributed by atoms with Crippen molar-refractivity contribution < 1.29 is 20.0 Å². The normalized spacial score (nSPS) is 26.7. The van der Waals surface area contributed by atoms with Crippen LogP contribution in [0, 0.1) is 0 Å². The summed E-state index contributed by atoms with van der Waals surface area (Å²) in [4.78, 5) is 0. The van der Waals surface area contributed by atoms with E-state index in [0.29, 0.717) is 0 Å². The molecule has 0 aromatic heterocycles. The van der Waals surface area contributed by atoms with E-state index in [1.807, 2.05) is 0 Å². The van der Waals surface area contributed by atoms with Crippen LogP contribution < -0.4 is 0 Å². The maximum atomic E-state index is 2.71. The maximum absolute atomic E-state index is 2.94. The van der Waals surface area contributed by atoms with Gasteiger partial charge in [0.15, 0.2) is 0 Å². The third kappa shape index (κ3) is 2.08. The van der Waals surface area contributed by atoms with Crippen molar-refractivity contribution in [2.24, 2.45) is 0 Å². The van der Waals surface area contributed by atoms with E-state index in [4.69, 9.17) is 0 Å². The van der Waals surface area contributed by atoms with Crippen LogP contribution in [-0.2, 0) is 26.3 Å². The molecule has 1 heteroatoms. The molecule has 25 heavy (non-hydrogen) atoms. The first-order valence-electron chi connectivity index (χ1n) is 9.60. The topological polar surface area (TPSA) is 0 Å². The second-order valence-electron chi connectivity index (χ2n) is 8.12. The summed E-state index contributed by atoms with van der Waals surface area (Å²) in [6.07, 6.45) is 12.4. The van der Waals surface area contributed by atoms with Gasteiger partial charge in [-0.05, 0) is 0 Å². The van der Waals surface area contributed by atoms with E-state index >= 15 is 0 Å². The standard InChI is InChI=1S/2C11H11.2CH3.Hf/c2*1-2-9-7-8-10-5-3-4-6-11(9)10;;;/h2*3-8H,2H2,1H3;2*1H3;. The van der Waals surface area contributed by atoms with E-state index in [1.54, 1.807) is 11.1 Å². The van der Waals surface area contributed by atoms with Gasteiger partial charge in [-0.2, -0.15) is 0 Å². The van der Waals surface area contributed by atoms with E-state index in [-0.39, 0.29) is 6.34 Å². The summed E-state index contributed by atoms with van der Waals surface area (Å²) < 4.78 is 5.97. The summed E-state index contributed by atoms with van der Waals surface area (Å²) >= 11 is -2.94. The van der Waals surface area contributed by atoms with E-state index in [2.05, 4.69) is 96.0 Å². The third-order valence-corrected chi connectivity index (χ3v) is 29.0. The molecular formula is C24H28Hf. The molecule has 0 N–H and O–H groups in total. The number of fused-ring (bicyclic) bond motifs is 2. The predicted molar refractivity (Wildman–Crippen MR) is 107 cm³/mol. The van der Waals surface area contributed by atoms with Crippen LogP contribution in [0.15, 0.2) is 60.7 Å². The molecule has 0 spiro atoms. The molecular weight excluding hydrogens is 467 g/mol. The Balaban J connectivity index is 1.96. The average molecular weight is 495 g/mol. The van der Waals surface area contributed by atoms with Crippen molar-refractivity contribution in [1.29, 1.82) is 0 Å². The van der Waals surface area contributed by atoms with Gasteiger partial charge in [0.05, 0.1) is 0 Å². The van der Waals surface area contributed by atoms with Gasteiger partial charge in [0.1, 0.15) is 0 Å². The first kappa shape index (κ1) is 17.2. The molecule has 0 amide bonds. The zero-order valence-electron chi connectivity index (χ0n) is 15.8.